The monoisotopic (exact) mass is 381 g/mol. The second-order valence-corrected chi connectivity index (χ2v) is 5.86. The lowest BCUT2D eigenvalue weighted by molar-refractivity contribution is -0.142. The van der Waals surface area contributed by atoms with Crippen LogP contribution in [0.5, 0.6) is 0 Å². The molecule has 1 heterocycles. The number of hydrogen-bond acceptors (Lipinski definition) is 3. The van der Waals surface area contributed by atoms with Gasteiger partial charge in [-0.1, -0.05) is 30.3 Å². The second-order valence-electron chi connectivity index (χ2n) is 5.86. The fourth-order valence-electron chi connectivity index (χ4n) is 2.41. The van der Waals surface area contributed by atoms with Gasteiger partial charge in [0.25, 0.3) is 0 Å². The Labute approximate surface area is 153 Å². The summed E-state index contributed by atoms with van der Waals surface area (Å²) in [5.41, 5.74) is -0.113. The fraction of sp³-hybridized carbons (Fsp3) is 0.278. The van der Waals surface area contributed by atoms with Crippen molar-refractivity contribution in [2.24, 2.45) is 0 Å². The number of nitrogens with one attached hydrogen (secondary N) is 1. The maximum absolute atomic E-state index is 12.7. The minimum Gasteiger partial charge on any atom is -0.480 e. The van der Waals surface area contributed by atoms with Crippen molar-refractivity contribution in [3.8, 4) is 0 Å². The molecule has 27 heavy (non-hydrogen) atoms. The van der Waals surface area contributed by atoms with E-state index in [1.807, 2.05) is 0 Å². The second kappa shape index (κ2) is 8.52. The third-order valence-corrected chi connectivity index (χ3v) is 3.90. The number of rotatable bonds is 6. The highest BCUT2D eigenvalue weighted by Gasteiger charge is 2.32. The molecule has 2 amide bonds. The van der Waals surface area contributed by atoms with E-state index in [0.717, 1.165) is 22.7 Å². The number of pyridine rings is 1. The molecule has 0 radical (unpaired) electrons. The van der Waals surface area contributed by atoms with Crippen LogP contribution in [0, 0.1) is 0 Å². The van der Waals surface area contributed by atoms with E-state index in [9.17, 15) is 27.9 Å². The zero-order valence-electron chi connectivity index (χ0n) is 14.4. The lowest BCUT2D eigenvalue weighted by Gasteiger charge is -2.25. The first-order chi connectivity index (χ1) is 12.7. The molecule has 0 aliphatic heterocycles. The molecule has 9 heteroatoms. The van der Waals surface area contributed by atoms with E-state index < -0.39 is 29.9 Å². The molecular formula is C18H18F3N3O3. The van der Waals surface area contributed by atoms with Crippen molar-refractivity contribution in [1.82, 2.24) is 15.2 Å². The van der Waals surface area contributed by atoms with Gasteiger partial charge < -0.3 is 15.3 Å². The van der Waals surface area contributed by atoms with E-state index in [4.69, 9.17) is 0 Å². The minimum atomic E-state index is -4.58. The summed E-state index contributed by atoms with van der Waals surface area (Å²) in [5, 5.41) is 11.8. The maximum atomic E-state index is 12.7. The fourth-order valence-corrected chi connectivity index (χ4v) is 2.41. The number of nitrogens with zero attached hydrogens (tertiary/aromatic N) is 2. The molecule has 0 aliphatic rings. The summed E-state index contributed by atoms with van der Waals surface area (Å²) in [5.74, 6) is -1.18. The highest BCUT2D eigenvalue weighted by molar-refractivity contribution is 5.82. The van der Waals surface area contributed by atoms with Crippen LogP contribution in [0.4, 0.5) is 18.0 Å². The van der Waals surface area contributed by atoms with Crippen LogP contribution in [0.1, 0.15) is 16.8 Å². The van der Waals surface area contributed by atoms with Crippen molar-refractivity contribution in [1.29, 1.82) is 0 Å². The summed E-state index contributed by atoms with van der Waals surface area (Å²) in [7, 11) is 1.32. The van der Waals surface area contributed by atoms with E-state index in [2.05, 4.69) is 10.3 Å². The first-order valence-electron chi connectivity index (χ1n) is 7.98. The zero-order chi connectivity index (χ0) is 20.0. The molecular weight excluding hydrogens is 363 g/mol. The first-order valence-corrected chi connectivity index (χ1v) is 7.98. The molecule has 2 rings (SSSR count). The molecule has 1 atom stereocenters. The summed E-state index contributed by atoms with van der Waals surface area (Å²) < 4.78 is 38.0. The van der Waals surface area contributed by atoms with Crippen molar-refractivity contribution in [2.75, 3.05) is 7.05 Å². The Hall–Kier alpha value is -3.10. The molecule has 0 fully saturated rings. The number of carbonyl (C=O) groups excluding carboxylic acids is 1. The van der Waals surface area contributed by atoms with Crippen LogP contribution in [0.2, 0.25) is 0 Å². The lowest BCUT2D eigenvalue weighted by atomic mass is 10.1. The number of amides is 2. The molecule has 0 bridgehead atoms. The van der Waals surface area contributed by atoms with Crippen LogP contribution < -0.4 is 5.32 Å². The Kier molecular flexibility index (Phi) is 6.38. The standard InChI is InChI=1S/C18H18F3N3O3/c1-24(14(16(25)26)9-12-5-3-2-4-6-12)17(27)23-11-13-7-8-22-15(10-13)18(19,20)21/h2-8,10,14H,9,11H2,1H3,(H,23,27)(H,25,26). The van der Waals surface area contributed by atoms with Crippen LogP contribution in [0.15, 0.2) is 48.7 Å². The molecule has 2 N–H and O–H groups in total. The number of halogens is 3. The first kappa shape index (κ1) is 20.2. The average molecular weight is 381 g/mol. The minimum absolute atomic E-state index is 0.105. The Morgan fingerprint density at radius 2 is 1.85 bits per heavy atom. The maximum Gasteiger partial charge on any atom is 0.433 e. The number of alkyl halides is 3. The number of benzene rings is 1. The van der Waals surface area contributed by atoms with Gasteiger partial charge in [0.15, 0.2) is 0 Å². The molecule has 2 aromatic rings. The van der Waals surface area contributed by atoms with Crippen molar-refractivity contribution in [3.63, 3.8) is 0 Å². The number of aliphatic carboxylic acids is 1. The Morgan fingerprint density at radius 1 is 1.19 bits per heavy atom. The number of likely N-dealkylation sites (N-methyl/N-ethyl adjacent to an activating group) is 1. The highest BCUT2D eigenvalue weighted by Crippen LogP contribution is 2.27. The zero-order valence-corrected chi connectivity index (χ0v) is 14.4. The molecule has 144 valence electrons. The van der Waals surface area contributed by atoms with Crippen LogP contribution >= 0.6 is 0 Å². The largest absolute Gasteiger partial charge is 0.480 e. The third kappa shape index (κ3) is 5.70. The third-order valence-electron chi connectivity index (χ3n) is 3.90. The Balaban J connectivity index is 2.02. The normalized spacial score (nSPS) is 12.3. The Morgan fingerprint density at radius 3 is 2.44 bits per heavy atom. The highest BCUT2D eigenvalue weighted by atomic mass is 19.4. The number of urea groups is 1. The summed E-state index contributed by atoms with van der Waals surface area (Å²) in [6.07, 6.45) is -3.47. The van der Waals surface area contributed by atoms with E-state index >= 15 is 0 Å². The van der Waals surface area contributed by atoms with Gasteiger partial charge in [-0.15, -0.1) is 0 Å². The summed E-state index contributed by atoms with van der Waals surface area (Å²) in [4.78, 5) is 28.0. The molecule has 0 saturated heterocycles. The summed E-state index contributed by atoms with van der Waals surface area (Å²) in [6.45, 7) is -0.188. The van der Waals surface area contributed by atoms with Gasteiger partial charge in [-0.3, -0.25) is 4.98 Å². The van der Waals surface area contributed by atoms with Crippen LogP contribution in [0.25, 0.3) is 0 Å². The number of hydrogen-bond donors (Lipinski definition) is 2. The quantitative estimate of drug-likeness (QED) is 0.806. The average Bonchev–Trinajstić information content (AvgIpc) is 2.63. The van der Waals surface area contributed by atoms with E-state index in [1.165, 1.54) is 13.1 Å². The van der Waals surface area contributed by atoms with Crippen LogP contribution in [-0.4, -0.2) is 40.1 Å². The summed E-state index contributed by atoms with van der Waals surface area (Å²) in [6, 6.07) is 9.16. The molecule has 1 unspecified atom stereocenters. The van der Waals surface area contributed by atoms with Crippen molar-refractivity contribution >= 4 is 12.0 Å². The Bertz CT molecular complexity index is 797. The number of carboxylic acids is 1. The van der Waals surface area contributed by atoms with Gasteiger partial charge in [0, 0.05) is 26.2 Å². The topological polar surface area (TPSA) is 82.5 Å². The SMILES string of the molecule is CN(C(=O)NCc1ccnc(C(F)(F)F)c1)C(Cc1ccccc1)C(=O)O. The van der Waals surface area contributed by atoms with Gasteiger partial charge >= 0.3 is 18.2 Å². The van der Waals surface area contributed by atoms with E-state index in [-0.39, 0.29) is 18.5 Å². The number of carboxylic acid groups (broad SMARTS) is 1. The van der Waals surface area contributed by atoms with Crippen LogP contribution in [0.3, 0.4) is 0 Å². The van der Waals surface area contributed by atoms with Gasteiger partial charge in [-0.2, -0.15) is 13.2 Å². The predicted octanol–water partition coefficient (Wildman–Crippen LogP) is 2.94. The van der Waals surface area contributed by atoms with E-state index in [1.54, 1.807) is 30.3 Å². The molecule has 6 nitrogen and oxygen atoms in total. The van der Waals surface area contributed by atoms with Gasteiger partial charge in [0.1, 0.15) is 11.7 Å². The van der Waals surface area contributed by atoms with Gasteiger partial charge in [-0.25, -0.2) is 9.59 Å². The molecule has 1 aromatic heterocycles. The van der Waals surface area contributed by atoms with Gasteiger partial charge in [0.2, 0.25) is 0 Å². The van der Waals surface area contributed by atoms with Gasteiger partial charge in [0.05, 0.1) is 0 Å². The van der Waals surface area contributed by atoms with Crippen molar-refractivity contribution in [3.05, 3.63) is 65.5 Å². The lowest BCUT2D eigenvalue weighted by Crippen LogP contribution is -2.48. The molecule has 0 saturated carbocycles. The van der Waals surface area contributed by atoms with Crippen molar-refractivity contribution < 1.29 is 27.9 Å². The smallest absolute Gasteiger partial charge is 0.433 e. The predicted molar refractivity (Wildman–Crippen MR) is 90.8 cm³/mol. The van der Waals surface area contributed by atoms with Crippen molar-refractivity contribution in [2.45, 2.75) is 25.2 Å². The van der Waals surface area contributed by atoms with E-state index in [0.29, 0.717) is 0 Å². The van der Waals surface area contributed by atoms with Crippen LogP contribution in [-0.2, 0) is 23.9 Å². The number of carbonyl (C=O) groups is 2. The number of aromatic nitrogens is 1. The molecule has 0 aliphatic carbocycles. The molecule has 1 aromatic carbocycles. The van der Waals surface area contributed by atoms with Gasteiger partial charge in [-0.05, 0) is 23.3 Å². The summed E-state index contributed by atoms with van der Waals surface area (Å²) >= 11 is 0. The molecule has 0 spiro atoms.